The minimum Gasteiger partial charge on any atom is -0.467 e. The van der Waals surface area contributed by atoms with Crippen molar-refractivity contribution >= 4 is 23.3 Å². The van der Waals surface area contributed by atoms with E-state index in [-0.39, 0.29) is 11.8 Å². The van der Waals surface area contributed by atoms with E-state index >= 15 is 0 Å². The van der Waals surface area contributed by atoms with Gasteiger partial charge in [0, 0.05) is 14.1 Å². The molecule has 0 radical (unpaired) electrons. The highest BCUT2D eigenvalue weighted by Crippen LogP contribution is 2.24. The molecule has 2 heterocycles. The number of anilines is 2. The van der Waals surface area contributed by atoms with Crippen molar-refractivity contribution in [3.05, 3.63) is 34.2 Å². The van der Waals surface area contributed by atoms with Gasteiger partial charge in [-0.15, -0.1) is 0 Å². The van der Waals surface area contributed by atoms with Crippen LogP contribution in [0.25, 0.3) is 0 Å². The molecule has 1 amide bonds. The van der Waals surface area contributed by atoms with Gasteiger partial charge in [-0.05, 0) is 6.07 Å². The van der Waals surface area contributed by atoms with E-state index in [1.807, 2.05) is 0 Å². The molecule has 0 saturated heterocycles. The number of rotatable bonds is 5. The number of hydrogen-bond acceptors (Lipinski definition) is 8. The molecule has 0 saturated carbocycles. The van der Waals surface area contributed by atoms with Crippen LogP contribution in [0.15, 0.2) is 22.7 Å². The first-order valence-electron chi connectivity index (χ1n) is 6.06. The summed E-state index contributed by atoms with van der Waals surface area (Å²) in [6.45, 7) is 0. The number of nitrogens with zero attached hydrogens (tertiary/aromatic N) is 4. The van der Waals surface area contributed by atoms with E-state index < -0.39 is 16.7 Å². The number of hydrogen-bond donors (Lipinski definition) is 1. The van der Waals surface area contributed by atoms with E-state index in [9.17, 15) is 14.9 Å². The molecule has 2 aromatic heterocycles. The SMILES string of the molecule is COc1ncc(NC(=O)c2ccc([N+](=O)[O-])o2)c(N(C)C)n1. The highest BCUT2D eigenvalue weighted by molar-refractivity contribution is 6.03. The van der Waals surface area contributed by atoms with Crippen LogP contribution < -0.4 is 15.0 Å². The molecular formula is C12H13N5O5. The highest BCUT2D eigenvalue weighted by atomic mass is 16.6. The first-order valence-corrected chi connectivity index (χ1v) is 6.06. The molecule has 0 spiro atoms. The highest BCUT2D eigenvalue weighted by Gasteiger charge is 2.19. The molecule has 1 N–H and O–H groups in total. The number of amides is 1. The number of methoxy groups -OCH3 is 1. The molecule has 0 aromatic carbocycles. The molecule has 2 rings (SSSR count). The third-order valence-electron chi connectivity index (χ3n) is 2.60. The van der Waals surface area contributed by atoms with Gasteiger partial charge in [0.2, 0.25) is 0 Å². The molecule has 0 aliphatic heterocycles. The van der Waals surface area contributed by atoms with Crippen molar-refractivity contribution in [2.45, 2.75) is 0 Å². The van der Waals surface area contributed by atoms with E-state index in [0.29, 0.717) is 11.5 Å². The Labute approximate surface area is 124 Å². The summed E-state index contributed by atoms with van der Waals surface area (Å²) in [7, 11) is 4.89. The lowest BCUT2D eigenvalue weighted by molar-refractivity contribution is -0.402. The van der Waals surface area contributed by atoms with Crippen molar-refractivity contribution in [2.75, 3.05) is 31.4 Å². The summed E-state index contributed by atoms with van der Waals surface area (Å²) in [4.78, 5) is 31.5. The van der Waals surface area contributed by atoms with E-state index in [1.54, 1.807) is 19.0 Å². The Bertz CT molecular complexity index is 712. The molecule has 22 heavy (non-hydrogen) atoms. The molecule has 10 nitrogen and oxygen atoms in total. The number of ether oxygens (including phenoxy) is 1. The summed E-state index contributed by atoms with van der Waals surface area (Å²) in [6, 6.07) is 2.47. The topological polar surface area (TPSA) is 124 Å². The Morgan fingerprint density at radius 1 is 1.45 bits per heavy atom. The second-order valence-electron chi connectivity index (χ2n) is 4.34. The largest absolute Gasteiger partial charge is 0.467 e. The van der Waals surface area contributed by atoms with E-state index in [4.69, 9.17) is 9.15 Å². The maximum atomic E-state index is 12.0. The number of nitrogens with one attached hydrogen (secondary N) is 1. The van der Waals surface area contributed by atoms with E-state index in [0.717, 1.165) is 6.07 Å². The average molecular weight is 307 g/mol. The van der Waals surface area contributed by atoms with Gasteiger partial charge in [-0.25, -0.2) is 4.98 Å². The minimum absolute atomic E-state index is 0.148. The van der Waals surface area contributed by atoms with Crippen LogP contribution in [0.3, 0.4) is 0 Å². The third-order valence-corrected chi connectivity index (χ3v) is 2.60. The molecule has 0 fully saturated rings. The molecule has 0 aliphatic rings. The molecule has 116 valence electrons. The van der Waals surface area contributed by atoms with Crippen LogP contribution in [0.5, 0.6) is 6.01 Å². The van der Waals surface area contributed by atoms with Crippen molar-refractivity contribution in [3.63, 3.8) is 0 Å². The van der Waals surface area contributed by atoms with Gasteiger partial charge in [0.25, 0.3) is 5.91 Å². The van der Waals surface area contributed by atoms with Gasteiger partial charge in [-0.2, -0.15) is 4.98 Å². The first kappa shape index (κ1) is 15.2. The predicted molar refractivity (Wildman–Crippen MR) is 76.2 cm³/mol. The molecule has 10 heteroatoms. The second kappa shape index (κ2) is 6.08. The summed E-state index contributed by atoms with van der Waals surface area (Å²) >= 11 is 0. The van der Waals surface area contributed by atoms with Crippen molar-refractivity contribution in [3.8, 4) is 6.01 Å². The second-order valence-corrected chi connectivity index (χ2v) is 4.34. The first-order chi connectivity index (χ1) is 10.4. The predicted octanol–water partition coefficient (Wildman–Crippen LogP) is 1.30. The van der Waals surface area contributed by atoms with Crippen molar-refractivity contribution in [2.24, 2.45) is 0 Å². The van der Waals surface area contributed by atoms with Gasteiger partial charge in [0.15, 0.2) is 11.6 Å². The Morgan fingerprint density at radius 3 is 2.73 bits per heavy atom. The summed E-state index contributed by atoms with van der Waals surface area (Å²) in [6.07, 6.45) is 1.37. The third kappa shape index (κ3) is 3.11. The minimum atomic E-state index is -0.724. The van der Waals surface area contributed by atoms with E-state index in [2.05, 4.69) is 15.3 Å². The van der Waals surface area contributed by atoms with Gasteiger partial charge in [0.05, 0.1) is 19.4 Å². The molecule has 0 atom stereocenters. The fourth-order valence-electron chi connectivity index (χ4n) is 1.62. The van der Waals surface area contributed by atoms with Crippen molar-refractivity contribution in [1.82, 2.24) is 9.97 Å². The molecule has 0 unspecified atom stereocenters. The van der Waals surface area contributed by atoms with Crippen LogP contribution >= 0.6 is 0 Å². The zero-order valence-electron chi connectivity index (χ0n) is 12.1. The number of nitro groups is 1. The Balaban J connectivity index is 2.25. The summed E-state index contributed by atoms with van der Waals surface area (Å²) in [5.74, 6) is -0.928. The summed E-state index contributed by atoms with van der Waals surface area (Å²) in [5, 5.41) is 13.1. The van der Waals surface area contributed by atoms with Gasteiger partial charge in [0.1, 0.15) is 10.6 Å². The summed E-state index contributed by atoms with van der Waals surface area (Å²) in [5.41, 5.74) is 0.315. The zero-order chi connectivity index (χ0) is 16.3. The maximum absolute atomic E-state index is 12.0. The fourth-order valence-corrected chi connectivity index (χ4v) is 1.62. The average Bonchev–Trinajstić information content (AvgIpc) is 2.97. The van der Waals surface area contributed by atoms with Crippen LogP contribution in [0.4, 0.5) is 17.4 Å². The standard InChI is InChI=1S/C12H13N5O5/c1-16(2)10-7(6-13-12(15-10)21-3)14-11(18)8-4-5-9(22-8)17(19)20/h4-6H,1-3H3,(H,14,18). The van der Waals surface area contributed by atoms with Crippen molar-refractivity contribution < 1.29 is 18.9 Å². The Hall–Kier alpha value is -3.17. The molecule has 0 aliphatic carbocycles. The van der Waals surface area contributed by atoms with Crippen LogP contribution in [0.1, 0.15) is 10.6 Å². The van der Waals surface area contributed by atoms with E-state index in [1.165, 1.54) is 19.4 Å². The monoisotopic (exact) mass is 307 g/mol. The Kier molecular flexibility index (Phi) is 4.20. The van der Waals surface area contributed by atoms with Crippen LogP contribution in [0.2, 0.25) is 0 Å². The summed E-state index contributed by atoms with van der Waals surface area (Å²) < 4.78 is 9.76. The number of carbonyl (C=O) groups is 1. The number of aromatic nitrogens is 2. The quantitative estimate of drug-likeness (QED) is 0.647. The van der Waals surface area contributed by atoms with Gasteiger partial charge >= 0.3 is 11.9 Å². The molecule has 2 aromatic rings. The van der Waals surface area contributed by atoms with Crippen LogP contribution in [-0.4, -0.2) is 42.0 Å². The van der Waals surface area contributed by atoms with Crippen LogP contribution in [-0.2, 0) is 0 Å². The Morgan fingerprint density at radius 2 is 2.18 bits per heavy atom. The zero-order valence-corrected chi connectivity index (χ0v) is 12.1. The van der Waals surface area contributed by atoms with Gasteiger partial charge in [-0.3, -0.25) is 14.9 Å². The smallest absolute Gasteiger partial charge is 0.433 e. The lowest BCUT2D eigenvalue weighted by Gasteiger charge is -2.16. The fraction of sp³-hybridized carbons (Fsp3) is 0.250. The van der Waals surface area contributed by atoms with Gasteiger partial charge in [-0.1, -0.05) is 0 Å². The number of furan rings is 1. The lowest BCUT2D eigenvalue weighted by atomic mass is 10.4. The lowest BCUT2D eigenvalue weighted by Crippen LogP contribution is -2.18. The normalized spacial score (nSPS) is 10.1. The molecule has 0 bridgehead atoms. The number of carbonyl (C=O) groups excluding carboxylic acids is 1. The maximum Gasteiger partial charge on any atom is 0.433 e. The van der Waals surface area contributed by atoms with Crippen molar-refractivity contribution in [1.29, 1.82) is 0 Å². The molecular weight excluding hydrogens is 294 g/mol. The van der Waals surface area contributed by atoms with Gasteiger partial charge < -0.3 is 19.4 Å². The van der Waals surface area contributed by atoms with Crippen LogP contribution in [0, 0.1) is 10.1 Å².